The van der Waals surface area contributed by atoms with E-state index in [2.05, 4.69) is 4.98 Å². The van der Waals surface area contributed by atoms with Crippen LogP contribution in [0.25, 0.3) is 0 Å². The third-order valence-electron chi connectivity index (χ3n) is 0.889. The first-order valence-corrected chi connectivity index (χ1v) is 5.60. The Hall–Kier alpha value is -0.140. The van der Waals surface area contributed by atoms with Crippen LogP contribution in [-0.4, -0.2) is 20.3 Å². The van der Waals surface area contributed by atoms with Crippen LogP contribution in [0.2, 0.25) is 0 Å². The average Bonchev–Trinajstić information content (AvgIpc) is 2.32. The van der Waals surface area contributed by atoms with Gasteiger partial charge in [-0.2, -0.15) is 0 Å². The maximum absolute atomic E-state index is 8.81. The van der Waals surface area contributed by atoms with Crippen molar-refractivity contribution in [3.8, 4) is 0 Å². The number of hydrogen-bond donors (Lipinski definition) is 2. The highest BCUT2D eigenvalue weighted by Crippen LogP contribution is 2.35. The Morgan fingerprint density at radius 2 is 2.45 bits per heavy atom. The number of rotatable bonds is 3. The summed E-state index contributed by atoms with van der Waals surface area (Å²) in [7, 11) is -2.83. The number of aromatic nitrogens is 1. The number of nitrogens with zero attached hydrogens (tertiary/aromatic N) is 1. The molecule has 0 atom stereocenters. The third kappa shape index (κ3) is 3.68. The molecule has 0 aliphatic carbocycles. The zero-order chi connectivity index (χ0) is 8.32. The number of thiazole rings is 1. The van der Waals surface area contributed by atoms with Crippen molar-refractivity contribution in [2.24, 2.45) is 0 Å². The van der Waals surface area contributed by atoms with Gasteiger partial charge in [0.15, 0.2) is 0 Å². The second-order valence-corrected chi connectivity index (χ2v) is 4.69. The normalized spacial score (nSPS) is 13.4. The van der Waals surface area contributed by atoms with E-state index in [0.29, 0.717) is 0 Å². The second kappa shape index (κ2) is 3.51. The van der Waals surface area contributed by atoms with Crippen molar-refractivity contribution >= 4 is 22.2 Å². The monoisotopic (exact) mass is 195 g/mol. The van der Waals surface area contributed by atoms with Crippen LogP contribution in [0, 0.1) is 0 Å². The summed E-state index contributed by atoms with van der Waals surface area (Å²) in [5.74, 6) is 0. The van der Waals surface area contributed by atoms with Crippen molar-refractivity contribution in [3.63, 3.8) is 0 Å². The second-order valence-electron chi connectivity index (χ2n) is 1.95. The fourth-order valence-electron chi connectivity index (χ4n) is 0.486. The molecule has 0 unspecified atom stereocenters. The van der Waals surface area contributed by atoms with E-state index in [1.807, 2.05) is 0 Å². The first kappa shape index (κ1) is 8.95. The van der Waals surface area contributed by atoms with Gasteiger partial charge in [0.1, 0.15) is 11.6 Å². The molecule has 1 rings (SSSR count). The molecule has 0 radical (unpaired) electrons. The molecule has 6 heteroatoms. The largest absolute Gasteiger partial charge is 0.308 e. The SMILES string of the molecule is CS(O)(O)OCc1nccs1. The maximum Gasteiger partial charge on any atom is 0.120 e. The predicted octanol–water partition coefficient (Wildman–Crippen LogP) is 1.96. The van der Waals surface area contributed by atoms with Crippen LogP contribution in [0.5, 0.6) is 0 Å². The van der Waals surface area contributed by atoms with Gasteiger partial charge in [-0.3, -0.25) is 4.18 Å². The van der Waals surface area contributed by atoms with Gasteiger partial charge < -0.3 is 9.11 Å². The van der Waals surface area contributed by atoms with Crippen molar-refractivity contribution in [2.45, 2.75) is 6.61 Å². The Morgan fingerprint density at radius 1 is 1.73 bits per heavy atom. The number of hydrogen-bond acceptors (Lipinski definition) is 5. The van der Waals surface area contributed by atoms with Gasteiger partial charge in [-0.15, -0.1) is 11.3 Å². The van der Waals surface area contributed by atoms with E-state index >= 15 is 0 Å². The summed E-state index contributed by atoms with van der Waals surface area (Å²) in [4.78, 5) is 3.90. The van der Waals surface area contributed by atoms with Crippen molar-refractivity contribution < 1.29 is 13.3 Å². The minimum Gasteiger partial charge on any atom is -0.308 e. The Labute approximate surface area is 70.4 Å². The Morgan fingerprint density at radius 3 is 2.91 bits per heavy atom. The maximum atomic E-state index is 8.81. The molecular weight excluding hydrogens is 186 g/mol. The van der Waals surface area contributed by atoms with Gasteiger partial charge in [-0.25, -0.2) is 4.98 Å². The van der Waals surface area contributed by atoms with Crippen LogP contribution in [0.1, 0.15) is 5.01 Å². The predicted molar refractivity (Wildman–Crippen MR) is 45.7 cm³/mol. The van der Waals surface area contributed by atoms with Crippen molar-refractivity contribution in [3.05, 3.63) is 16.6 Å². The summed E-state index contributed by atoms with van der Waals surface area (Å²) in [6.45, 7) is 0.163. The van der Waals surface area contributed by atoms with E-state index in [4.69, 9.17) is 13.3 Å². The molecule has 0 aliphatic heterocycles. The van der Waals surface area contributed by atoms with Crippen LogP contribution < -0.4 is 0 Å². The van der Waals surface area contributed by atoms with Crippen LogP contribution in [0.3, 0.4) is 0 Å². The molecule has 0 spiro atoms. The van der Waals surface area contributed by atoms with Gasteiger partial charge in [-0.05, 0) is 0 Å². The molecule has 1 heterocycles. The minimum atomic E-state index is -2.83. The van der Waals surface area contributed by atoms with Gasteiger partial charge >= 0.3 is 0 Å². The molecule has 4 nitrogen and oxygen atoms in total. The highest BCUT2D eigenvalue weighted by Gasteiger charge is 2.09. The third-order valence-corrected chi connectivity index (χ3v) is 2.21. The molecule has 0 saturated heterocycles. The van der Waals surface area contributed by atoms with Crippen LogP contribution >= 0.6 is 22.2 Å². The summed E-state index contributed by atoms with van der Waals surface area (Å²) in [5.41, 5.74) is 0. The lowest BCUT2D eigenvalue weighted by molar-refractivity contribution is 0.258. The molecule has 0 aliphatic rings. The molecule has 0 aromatic carbocycles. The standard InChI is InChI=1S/C5H9NO3S2/c1-11(7,8)9-4-5-6-2-3-10-5/h2-3,7-8H,4H2,1H3. The molecule has 0 fully saturated rings. The van der Waals surface area contributed by atoms with Crippen LogP contribution in [-0.2, 0) is 10.8 Å². The fourth-order valence-corrected chi connectivity index (χ4v) is 1.42. The van der Waals surface area contributed by atoms with Crippen molar-refractivity contribution in [1.29, 1.82) is 0 Å². The Kier molecular flexibility index (Phi) is 2.85. The highest BCUT2D eigenvalue weighted by atomic mass is 32.3. The van der Waals surface area contributed by atoms with E-state index in [-0.39, 0.29) is 6.61 Å². The Bertz CT molecular complexity index is 206. The van der Waals surface area contributed by atoms with Crippen molar-refractivity contribution in [1.82, 2.24) is 4.98 Å². The van der Waals surface area contributed by atoms with Gasteiger partial charge in [0, 0.05) is 17.8 Å². The summed E-state index contributed by atoms with van der Waals surface area (Å²) < 4.78 is 22.3. The molecular formula is C5H9NO3S2. The van der Waals surface area contributed by atoms with E-state index in [0.717, 1.165) is 5.01 Å². The molecule has 2 N–H and O–H groups in total. The minimum absolute atomic E-state index is 0.163. The van der Waals surface area contributed by atoms with Crippen LogP contribution in [0.15, 0.2) is 11.6 Å². The summed E-state index contributed by atoms with van der Waals surface area (Å²) in [5, 5.41) is 2.55. The highest BCUT2D eigenvalue weighted by molar-refractivity contribution is 8.19. The first-order valence-electron chi connectivity index (χ1n) is 2.84. The van der Waals surface area contributed by atoms with Gasteiger partial charge in [0.25, 0.3) is 0 Å². The van der Waals surface area contributed by atoms with Gasteiger partial charge in [-0.1, -0.05) is 0 Å². The van der Waals surface area contributed by atoms with Crippen molar-refractivity contribution in [2.75, 3.05) is 6.26 Å². The molecule has 0 amide bonds. The lowest BCUT2D eigenvalue weighted by Gasteiger charge is -2.19. The lowest BCUT2D eigenvalue weighted by Crippen LogP contribution is -1.99. The van der Waals surface area contributed by atoms with E-state index < -0.39 is 10.9 Å². The molecule has 64 valence electrons. The van der Waals surface area contributed by atoms with Gasteiger partial charge in [0.2, 0.25) is 0 Å². The molecule has 11 heavy (non-hydrogen) atoms. The first-order chi connectivity index (χ1) is 5.08. The average molecular weight is 195 g/mol. The van der Waals surface area contributed by atoms with Gasteiger partial charge in [0.05, 0.1) is 10.9 Å². The zero-order valence-electron chi connectivity index (χ0n) is 5.93. The quantitative estimate of drug-likeness (QED) is 0.773. The zero-order valence-corrected chi connectivity index (χ0v) is 7.56. The summed E-state index contributed by atoms with van der Waals surface area (Å²) in [6, 6.07) is 0. The molecule has 0 bridgehead atoms. The lowest BCUT2D eigenvalue weighted by atomic mass is 10.8. The Balaban J connectivity index is 2.35. The topological polar surface area (TPSA) is 62.6 Å². The van der Waals surface area contributed by atoms with E-state index in [1.54, 1.807) is 11.6 Å². The molecule has 1 aromatic heterocycles. The smallest absolute Gasteiger partial charge is 0.120 e. The van der Waals surface area contributed by atoms with E-state index in [1.165, 1.54) is 17.6 Å². The summed E-state index contributed by atoms with van der Waals surface area (Å²) in [6.07, 6.45) is 2.88. The van der Waals surface area contributed by atoms with Crippen LogP contribution in [0.4, 0.5) is 0 Å². The molecule has 1 aromatic rings. The van der Waals surface area contributed by atoms with E-state index in [9.17, 15) is 0 Å². The molecule has 0 saturated carbocycles. The summed E-state index contributed by atoms with van der Waals surface area (Å²) >= 11 is 1.42. The fraction of sp³-hybridized carbons (Fsp3) is 0.400.